The lowest BCUT2D eigenvalue weighted by molar-refractivity contribution is 0.283. The number of unbranched alkanes of at least 4 members (excludes halogenated alkanes) is 2. The molecule has 0 aliphatic heterocycles. The Labute approximate surface area is 120 Å². The fraction of sp³-hybridized carbons (Fsp3) is 0.714. The van der Waals surface area contributed by atoms with Crippen LogP contribution in [-0.2, 0) is 6.42 Å². The second kappa shape index (κ2) is 8.33. The number of aromatic nitrogens is 2. The highest BCUT2D eigenvalue weighted by Crippen LogP contribution is 2.23. The minimum Gasteiger partial charge on any atom is -0.396 e. The molecular formula is C14H24ClN3O. The molecule has 0 aliphatic carbocycles. The smallest absolute Gasteiger partial charge is 0.137 e. The summed E-state index contributed by atoms with van der Waals surface area (Å²) < 4.78 is 0. The van der Waals surface area contributed by atoms with Gasteiger partial charge in [0.1, 0.15) is 16.8 Å². The second-order valence-corrected chi connectivity index (χ2v) is 5.19. The first-order valence-electron chi connectivity index (χ1n) is 6.95. The third-order valence-electron chi connectivity index (χ3n) is 3.09. The van der Waals surface area contributed by atoms with Crippen LogP contribution in [0.5, 0.6) is 0 Å². The molecule has 0 spiro atoms. The monoisotopic (exact) mass is 285 g/mol. The van der Waals surface area contributed by atoms with Crippen molar-refractivity contribution in [1.82, 2.24) is 9.97 Å². The molecule has 0 bridgehead atoms. The lowest BCUT2D eigenvalue weighted by Crippen LogP contribution is -2.22. The summed E-state index contributed by atoms with van der Waals surface area (Å²) in [7, 11) is 2.03. The molecule has 1 aromatic heterocycles. The standard InChI is InChI=1S/C14H24ClN3O/c1-4-8-12-16-13(15)11(2)14(17-12)18(3)9-6-5-7-10-19/h19H,4-10H2,1-3H3. The van der Waals surface area contributed by atoms with Gasteiger partial charge in [0, 0.05) is 32.2 Å². The first-order chi connectivity index (χ1) is 9.10. The fourth-order valence-corrected chi connectivity index (χ4v) is 2.15. The van der Waals surface area contributed by atoms with Gasteiger partial charge in [-0.2, -0.15) is 0 Å². The van der Waals surface area contributed by atoms with E-state index < -0.39 is 0 Å². The van der Waals surface area contributed by atoms with E-state index in [9.17, 15) is 0 Å². The molecule has 0 aromatic carbocycles. The molecule has 0 aliphatic rings. The van der Waals surface area contributed by atoms with Crippen LogP contribution in [0.1, 0.15) is 44.0 Å². The summed E-state index contributed by atoms with van der Waals surface area (Å²) >= 11 is 6.17. The van der Waals surface area contributed by atoms with Gasteiger partial charge in [-0.3, -0.25) is 0 Å². The van der Waals surface area contributed by atoms with Gasteiger partial charge in [0.05, 0.1) is 0 Å². The highest BCUT2D eigenvalue weighted by molar-refractivity contribution is 6.30. The maximum Gasteiger partial charge on any atom is 0.137 e. The Balaban J connectivity index is 2.74. The van der Waals surface area contributed by atoms with Crippen LogP contribution in [0.15, 0.2) is 0 Å². The Hall–Kier alpha value is -0.870. The highest BCUT2D eigenvalue weighted by Gasteiger charge is 2.12. The molecule has 0 saturated heterocycles. The highest BCUT2D eigenvalue weighted by atomic mass is 35.5. The van der Waals surface area contributed by atoms with Crippen LogP contribution in [0.25, 0.3) is 0 Å². The van der Waals surface area contributed by atoms with E-state index in [-0.39, 0.29) is 6.61 Å². The zero-order valence-corrected chi connectivity index (χ0v) is 12.9. The van der Waals surface area contributed by atoms with Crippen molar-refractivity contribution in [3.63, 3.8) is 0 Å². The normalized spacial score (nSPS) is 10.8. The van der Waals surface area contributed by atoms with Crippen molar-refractivity contribution in [2.45, 2.75) is 46.0 Å². The Kier molecular flexibility index (Phi) is 7.10. The lowest BCUT2D eigenvalue weighted by atomic mass is 10.2. The van der Waals surface area contributed by atoms with Crippen molar-refractivity contribution in [2.75, 3.05) is 25.1 Å². The summed E-state index contributed by atoms with van der Waals surface area (Å²) in [4.78, 5) is 11.0. The number of aliphatic hydroxyl groups excluding tert-OH is 1. The zero-order valence-electron chi connectivity index (χ0n) is 12.1. The van der Waals surface area contributed by atoms with E-state index in [1.165, 1.54) is 0 Å². The quantitative estimate of drug-likeness (QED) is 0.589. The summed E-state index contributed by atoms with van der Waals surface area (Å²) in [5.74, 6) is 1.74. The maximum absolute atomic E-state index is 8.77. The van der Waals surface area contributed by atoms with Gasteiger partial charge >= 0.3 is 0 Å². The average molecular weight is 286 g/mol. The molecule has 0 atom stereocenters. The number of aliphatic hydroxyl groups is 1. The Morgan fingerprint density at radius 2 is 1.95 bits per heavy atom. The predicted octanol–water partition coefficient (Wildman–Crippen LogP) is 2.99. The van der Waals surface area contributed by atoms with Crippen molar-refractivity contribution in [1.29, 1.82) is 0 Å². The number of hydrogen-bond donors (Lipinski definition) is 1. The topological polar surface area (TPSA) is 49.2 Å². The molecule has 5 heteroatoms. The van der Waals surface area contributed by atoms with Gasteiger partial charge in [0.2, 0.25) is 0 Å². The number of nitrogens with zero attached hydrogens (tertiary/aromatic N) is 3. The van der Waals surface area contributed by atoms with E-state index in [0.717, 1.165) is 55.9 Å². The van der Waals surface area contributed by atoms with Crippen molar-refractivity contribution < 1.29 is 5.11 Å². The molecule has 1 N–H and O–H groups in total. The van der Waals surface area contributed by atoms with Crippen molar-refractivity contribution in [3.05, 3.63) is 16.5 Å². The van der Waals surface area contributed by atoms with Gasteiger partial charge in [-0.25, -0.2) is 9.97 Å². The molecule has 0 amide bonds. The first kappa shape index (κ1) is 16.2. The minimum absolute atomic E-state index is 0.267. The molecule has 108 valence electrons. The van der Waals surface area contributed by atoms with Crippen molar-refractivity contribution in [3.8, 4) is 0 Å². The summed E-state index contributed by atoms with van der Waals surface area (Å²) in [6.45, 7) is 5.25. The molecular weight excluding hydrogens is 262 g/mol. The number of hydrogen-bond acceptors (Lipinski definition) is 4. The van der Waals surface area contributed by atoms with Gasteiger partial charge in [0.25, 0.3) is 0 Å². The third-order valence-corrected chi connectivity index (χ3v) is 3.46. The van der Waals surface area contributed by atoms with E-state index in [1.807, 2.05) is 14.0 Å². The Bertz CT molecular complexity index is 399. The molecule has 19 heavy (non-hydrogen) atoms. The number of halogens is 1. The van der Waals surface area contributed by atoms with Gasteiger partial charge in [-0.1, -0.05) is 18.5 Å². The molecule has 0 saturated carbocycles. The zero-order chi connectivity index (χ0) is 14.3. The van der Waals surface area contributed by atoms with Gasteiger partial charge in [0.15, 0.2) is 0 Å². The van der Waals surface area contributed by atoms with E-state index >= 15 is 0 Å². The van der Waals surface area contributed by atoms with Gasteiger partial charge in [-0.05, 0) is 32.6 Å². The fourth-order valence-electron chi connectivity index (χ4n) is 1.97. The van der Waals surface area contributed by atoms with Crippen LogP contribution < -0.4 is 4.90 Å². The SMILES string of the molecule is CCCc1nc(Cl)c(C)c(N(C)CCCCCO)n1. The summed E-state index contributed by atoms with van der Waals surface area (Å²) in [5.41, 5.74) is 0.936. The van der Waals surface area contributed by atoms with Crippen molar-refractivity contribution in [2.24, 2.45) is 0 Å². The number of rotatable bonds is 8. The number of anilines is 1. The van der Waals surface area contributed by atoms with E-state index in [1.54, 1.807) is 0 Å². The van der Waals surface area contributed by atoms with E-state index in [2.05, 4.69) is 21.8 Å². The largest absolute Gasteiger partial charge is 0.396 e. The van der Waals surface area contributed by atoms with Crippen LogP contribution in [0.2, 0.25) is 5.15 Å². The average Bonchev–Trinajstić information content (AvgIpc) is 2.39. The predicted molar refractivity (Wildman–Crippen MR) is 80.0 cm³/mol. The van der Waals surface area contributed by atoms with E-state index in [4.69, 9.17) is 16.7 Å². The molecule has 0 fully saturated rings. The second-order valence-electron chi connectivity index (χ2n) is 4.84. The molecule has 4 nitrogen and oxygen atoms in total. The molecule has 0 unspecified atom stereocenters. The summed E-state index contributed by atoms with van der Waals surface area (Å²) in [5, 5.41) is 9.32. The van der Waals surface area contributed by atoms with Crippen LogP contribution in [0.4, 0.5) is 5.82 Å². The summed E-state index contributed by atoms with van der Waals surface area (Å²) in [6, 6.07) is 0. The molecule has 1 aromatic rings. The summed E-state index contributed by atoms with van der Waals surface area (Å²) in [6.07, 6.45) is 4.80. The minimum atomic E-state index is 0.267. The van der Waals surface area contributed by atoms with Gasteiger partial charge in [-0.15, -0.1) is 0 Å². The first-order valence-corrected chi connectivity index (χ1v) is 7.33. The molecule has 0 radical (unpaired) electrons. The van der Waals surface area contributed by atoms with Gasteiger partial charge < -0.3 is 10.0 Å². The Morgan fingerprint density at radius 1 is 1.21 bits per heavy atom. The molecule has 1 heterocycles. The Morgan fingerprint density at radius 3 is 2.58 bits per heavy atom. The number of aryl methyl sites for hydroxylation is 1. The van der Waals surface area contributed by atoms with Crippen molar-refractivity contribution >= 4 is 17.4 Å². The van der Waals surface area contributed by atoms with Crippen LogP contribution in [0.3, 0.4) is 0 Å². The van der Waals surface area contributed by atoms with Crippen LogP contribution in [0, 0.1) is 6.92 Å². The third kappa shape index (κ3) is 4.96. The lowest BCUT2D eigenvalue weighted by Gasteiger charge is -2.21. The molecule has 1 rings (SSSR count). The van der Waals surface area contributed by atoms with E-state index in [0.29, 0.717) is 5.15 Å². The van der Waals surface area contributed by atoms with Crippen LogP contribution >= 0.6 is 11.6 Å². The van der Waals surface area contributed by atoms with Crippen LogP contribution in [-0.4, -0.2) is 35.3 Å². The maximum atomic E-state index is 8.77.